The summed E-state index contributed by atoms with van der Waals surface area (Å²) in [5.74, 6) is -5.86. The van der Waals surface area contributed by atoms with Crippen molar-refractivity contribution in [2.45, 2.75) is 11.6 Å². The molecule has 0 aliphatic carbocycles. The van der Waals surface area contributed by atoms with Gasteiger partial charge < -0.3 is 20.9 Å². The molecule has 0 bridgehead atoms. The van der Waals surface area contributed by atoms with Crippen LogP contribution in [0.4, 0.5) is 0 Å². The van der Waals surface area contributed by atoms with Crippen LogP contribution in [0.5, 0.6) is 0 Å². The lowest BCUT2D eigenvalue weighted by atomic mass is 9.67. The van der Waals surface area contributed by atoms with Crippen molar-refractivity contribution < 1.29 is 24.2 Å². The van der Waals surface area contributed by atoms with E-state index in [0.29, 0.717) is 11.1 Å². The minimum Gasteiger partial charge on any atom is -0.465 e. The van der Waals surface area contributed by atoms with Crippen LogP contribution >= 0.6 is 0 Å². The van der Waals surface area contributed by atoms with Crippen molar-refractivity contribution in [3.05, 3.63) is 71.3 Å². The van der Waals surface area contributed by atoms with Gasteiger partial charge in [-0.15, -0.1) is 0 Å². The molecule has 2 aromatic carbocycles. The van der Waals surface area contributed by atoms with Crippen molar-refractivity contribution >= 4 is 17.8 Å². The average molecular weight is 393 g/mol. The quantitative estimate of drug-likeness (QED) is 0.517. The molecule has 1 saturated heterocycles. The van der Waals surface area contributed by atoms with E-state index >= 15 is 0 Å². The lowest BCUT2D eigenvalue weighted by Gasteiger charge is -2.44. The monoisotopic (exact) mass is 393 g/mol. The molecule has 1 aliphatic heterocycles. The Hall–Kier alpha value is -3.70. The number of nitrogens with zero attached hydrogens (tertiary/aromatic N) is 1. The molecule has 2 aromatic rings. The number of rotatable bonds is 4. The van der Waals surface area contributed by atoms with E-state index in [-0.39, 0.29) is 5.56 Å². The molecule has 1 aliphatic rings. The number of primary amides is 1. The fourth-order valence-electron chi connectivity index (χ4n) is 3.73. The van der Waals surface area contributed by atoms with Crippen LogP contribution in [0.3, 0.4) is 0 Å². The highest BCUT2D eigenvalue weighted by Gasteiger charge is 2.55. The number of hydrogen-bond donors (Lipinski definition) is 3. The molecule has 1 fully saturated rings. The van der Waals surface area contributed by atoms with E-state index in [0.717, 1.165) is 0 Å². The van der Waals surface area contributed by atoms with E-state index in [1.807, 2.05) is 6.07 Å². The summed E-state index contributed by atoms with van der Waals surface area (Å²) in [5.41, 5.74) is 4.42. The van der Waals surface area contributed by atoms with Gasteiger partial charge >= 0.3 is 5.97 Å². The van der Waals surface area contributed by atoms with Crippen LogP contribution in [0.2, 0.25) is 0 Å². The number of amides is 2. The van der Waals surface area contributed by atoms with Gasteiger partial charge in [-0.25, -0.2) is 4.79 Å². The zero-order valence-electron chi connectivity index (χ0n) is 15.5. The molecule has 0 unspecified atom stereocenters. The molecule has 2 amide bonds. The van der Waals surface area contributed by atoms with Gasteiger partial charge in [-0.05, 0) is 17.7 Å². The smallest absolute Gasteiger partial charge is 0.337 e. The first-order valence-electron chi connectivity index (χ1n) is 8.80. The fraction of sp³-hybridized carbons (Fsp3) is 0.238. The first-order valence-corrected chi connectivity index (χ1v) is 8.80. The third-order valence-electron chi connectivity index (χ3n) is 5.14. The summed E-state index contributed by atoms with van der Waals surface area (Å²) in [6, 6.07) is 16.2. The lowest BCUT2D eigenvalue weighted by Crippen LogP contribution is -2.62. The first-order chi connectivity index (χ1) is 13.8. The second-order valence-electron chi connectivity index (χ2n) is 6.75. The summed E-state index contributed by atoms with van der Waals surface area (Å²) in [7, 11) is 1.25. The van der Waals surface area contributed by atoms with Crippen LogP contribution in [-0.2, 0) is 20.1 Å². The number of nitrogens with two attached hydrogens (primary N) is 1. The summed E-state index contributed by atoms with van der Waals surface area (Å²) in [6.07, 6.45) is 0. The number of methoxy groups -OCH3 is 1. The fourth-order valence-corrected chi connectivity index (χ4v) is 3.73. The maximum atomic E-state index is 12.7. The van der Waals surface area contributed by atoms with Crippen LogP contribution in [0, 0.1) is 23.2 Å². The van der Waals surface area contributed by atoms with Gasteiger partial charge in [0.1, 0.15) is 11.8 Å². The zero-order valence-corrected chi connectivity index (χ0v) is 15.5. The predicted octanol–water partition coefficient (Wildman–Crippen LogP) is 0.773. The highest BCUT2D eigenvalue weighted by Crippen LogP contribution is 2.45. The van der Waals surface area contributed by atoms with Gasteiger partial charge in [0.05, 0.1) is 18.7 Å². The van der Waals surface area contributed by atoms with Gasteiger partial charge in [-0.1, -0.05) is 42.5 Å². The average Bonchev–Trinajstić information content (AvgIpc) is 2.73. The van der Waals surface area contributed by atoms with Gasteiger partial charge in [-0.2, -0.15) is 5.26 Å². The number of esters is 1. The van der Waals surface area contributed by atoms with Crippen LogP contribution < -0.4 is 11.1 Å². The highest BCUT2D eigenvalue weighted by atomic mass is 16.5. The first kappa shape index (κ1) is 20.0. The van der Waals surface area contributed by atoms with Gasteiger partial charge in [0.25, 0.3) is 0 Å². The van der Waals surface area contributed by atoms with E-state index in [9.17, 15) is 24.8 Å². The molecule has 8 heteroatoms. The Labute approximate surface area is 166 Å². The van der Waals surface area contributed by atoms with E-state index in [1.165, 1.54) is 31.4 Å². The van der Waals surface area contributed by atoms with Gasteiger partial charge in [-0.3, -0.25) is 9.59 Å². The number of hydrogen-bond acceptors (Lipinski definition) is 6. The molecule has 4 N–H and O–H groups in total. The van der Waals surface area contributed by atoms with Crippen molar-refractivity contribution in [2.24, 2.45) is 17.6 Å². The minimum absolute atomic E-state index is 0.263. The Bertz CT molecular complexity index is 984. The van der Waals surface area contributed by atoms with E-state index in [2.05, 4.69) is 10.1 Å². The Kier molecular flexibility index (Phi) is 5.35. The predicted molar refractivity (Wildman–Crippen MR) is 101 cm³/mol. The maximum Gasteiger partial charge on any atom is 0.337 e. The Morgan fingerprint density at radius 2 is 1.79 bits per heavy atom. The molecule has 0 spiro atoms. The minimum atomic E-state index is -2.02. The topological polar surface area (TPSA) is 143 Å². The molecule has 0 saturated carbocycles. The maximum absolute atomic E-state index is 12.7. The number of carbonyl (C=O) groups is 3. The molecule has 0 radical (unpaired) electrons. The van der Waals surface area contributed by atoms with E-state index in [1.54, 1.807) is 30.3 Å². The highest BCUT2D eigenvalue weighted by molar-refractivity contribution is 6.02. The van der Waals surface area contributed by atoms with E-state index in [4.69, 9.17) is 5.73 Å². The summed E-state index contributed by atoms with van der Waals surface area (Å²) in [6.45, 7) is 0. The summed E-state index contributed by atoms with van der Waals surface area (Å²) in [5, 5.41) is 23.6. The number of benzene rings is 2. The SMILES string of the molecule is COC(=O)c1ccc([C@@H]2[C@@H](C(N)=O)C(=O)N[C@](O)(c3ccccc3)[C@H]2C#N)cc1. The number of piperidine rings is 1. The Morgan fingerprint density at radius 1 is 1.17 bits per heavy atom. The van der Waals surface area contributed by atoms with Crippen LogP contribution in [-0.4, -0.2) is 30.0 Å². The molecule has 148 valence electrons. The van der Waals surface area contributed by atoms with Crippen molar-refractivity contribution in [3.63, 3.8) is 0 Å². The second-order valence-corrected chi connectivity index (χ2v) is 6.75. The third-order valence-corrected chi connectivity index (χ3v) is 5.14. The molecule has 8 nitrogen and oxygen atoms in total. The molecule has 3 rings (SSSR count). The van der Waals surface area contributed by atoms with Crippen LogP contribution in [0.15, 0.2) is 54.6 Å². The molecule has 1 heterocycles. The lowest BCUT2D eigenvalue weighted by molar-refractivity contribution is -0.153. The Morgan fingerprint density at radius 3 is 2.31 bits per heavy atom. The normalized spacial score (nSPS) is 26.1. The number of nitriles is 1. The van der Waals surface area contributed by atoms with Gasteiger partial charge in [0, 0.05) is 11.5 Å². The molecule has 29 heavy (non-hydrogen) atoms. The molecule has 0 aromatic heterocycles. The second kappa shape index (κ2) is 7.73. The van der Waals surface area contributed by atoms with E-state index < -0.39 is 41.3 Å². The number of aliphatic hydroxyl groups is 1. The van der Waals surface area contributed by atoms with Crippen molar-refractivity contribution in [1.82, 2.24) is 5.32 Å². The van der Waals surface area contributed by atoms with Gasteiger partial charge in [0.15, 0.2) is 5.72 Å². The number of nitrogens with one attached hydrogen (secondary N) is 1. The van der Waals surface area contributed by atoms with Gasteiger partial charge in [0.2, 0.25) is 11.8 Å². The molecular weight excluding hydrogens is 374 g/mol. The van der Waals surface area contributed by atoms with Crippen molar-refractivity contribution in [3.8, 4) is 6.07 Å². The van der Waals surface area contributed by atoms with Crippen molar-refractivity contribution in [2.75, 3.05) is 7.11 Å². The summed E-state index contributed by atoms with van der Waals surface area (Å²) in [4.78, 5) is 36.5. The number of carbonyl (C=O) groups excluding carboxylic acids is 3. The van der Waals surface area contributed by atoms with Crippen LogP contribution in [0.1, 0.15) is 27.4 Å². The molecular formula is C21H19N3O5. The standard InChI is InChI=1S/C21H19N3O5/c1-29-20(27)13-9-7-12(8-10-13)16-15(11-22)21(28,14-5-3-2-4-6-14)24-19(26)17(16)18(23)25/h2-10,15-17,28H,1H3,(H2,23,25)(H,24,26)/t15-,16-,17-,21-/m0/s1. The zero-order chi connectivity index (χ0) is 21.2. The summed E-state index contributed by atoms with van der Waals surface area (Å²) >= 11 is 0. The van der Waals surface area contributed by atoms with Crippen molar-refractivity contribution in [1.29, 1.82) is 5.26 Å². The largest absolute Gasteiger partial charge is 0.465 e. The Balaban J connectivity index is 2.14. The number of ether oxygens (including phenoxy) is 1. The van der Waals surface area contributed by atoms with Crippen LogP contribution in [0.25, 0.3) is 0 Å². The summed E-state index contributed by atoms with van der Waals surface area (Å²) < 4.78 is 4.66. The molecule has 4 atom stereocenters. The third kappa shape index (κ3) is 3.44.